The van der Waals surface area contributed by atoms with Crippen molar-refractivity contribution in [2.24, 2.45) is 29.6 Å². The third-order valence-corrected chi connectivity index (χ3v) is 6.06. The summed E-state index contributed by atoms with van der Waals surface area (Å²) in [7, 11) is 0. The molecule has 3 aliphatic rings. The lowest BCUT2D eigenvalue weighted by molar-refractivity contribution is -0.162. The van der Waals surface area contributed by atoms with E-state index in [1.807, 2.05) is 18.2 Å². The lowest BCUT2D eigenvalue weighted by Crippen LogP contribution is -2.50. The molecule has 1 heterocycles. The molecule has 0 aromatic heterocycles. The molecule has 3 amide bonds. The van der Waals surface area contributed by atoms with Crippen LogP contribution in [0.25, 0.3) is 0 Å². The van der Waals surface area contributed by atoms with E-state index in [0.29, 0.717) is 5.69 Å². The second kappa shape index (κ2) is 7.46. The maximum atomic E-state index is 13.0. The number of amides is 3. The van der Waals surface area contributed by atoms with Crippen LogP contribution in [-0.2, 0) is 23.9 Å². The van der Waals surface area contributed by atoms with Crippen molar-refractivity contribution in [1.82, 2.24) is 4.90 Å². The van der Waals surface area contributed by atoms with Crippen molar-refractivity contribution in [2.45, 2.75) is 26.3 Å². The number of carbonyl (C=O) groups is 4. The molecule has 0 radical (unpaired) electrons. The van der Waals surface area contributed by atoms with Crippen LogP contribution in [0, 0.1) is 29.6 Å². The highest BCUT2D eigenvalue weighted by molar-refractivity contribution is 6.09. The van der Waals surface area contributed by atoms with Gasteiger partial charge in [0.1, 0.15) is 6.04 Å². The minimum Gasteiger partial charge on any atom is -0.454 e. The van der Waals surface area contributed by atoms with E-state index in [-0.39, 0.29) is 41.4 Å². The number of ether oxygens (including phenoxy) is 1. The van der Waals surface area contributed by atoms with Gasteiger partial charge in [-0.1, -0.05) is 44.2 Å². The van der Waals surface area contributed by atoms with Crippen molar-refractivity contribution in [3.63, 3.8) is 0 Å². The maximum Gasteiger partial charge on any atom is 0.330 e. The first-order valence-corrected chi connectivity index (χ1v) is 9.95. The summed E-state index contributed by atoms with van der Waals surface area (Å²) in [6.45, 7) is 3.04. The van der Waals surface area contributed by atoms with Crippen LogP contribution in [0.3, 0.4) is 0 Å². The van der Waals surface area contributed by atoms with E-state index in [4.69, 9.17) is 4.74 Å². The Morgan fingerprint density at radius 2 is 1.66 bits per heavy atom. The van der Waals surface area contributed by atoms with Gasteiger partial charge in [0.25, 0.3) is 5.91 Å². The minimum atomic E-state index is -1.02. The molecular formula is C22H24N2O5. The molecule has 1 aromatic carbocycles. The van der Waals surface area contributed by atoms with Crippen LogP contribution in [0.5, 0.6) is 0 Å². The SMILES string of the molecule is CC(C)[C@H](C(=O)OCC(=O)Nc1ccccc1)N1C(=O)[C@H]2[C@H](C1=O)[C@H]1C=C[C@H]2C1. The molecule has 2 fully saturated rings. The third kappa shape index (κ3) is 3.34. The molecule has 5 atom stereocenters. The van der Waals surface area contributed by atoms with Gasteiger partial charge in [-0.15, -0.1) is 0 Å². The summed E-state index contributed by atoms with van der Waals surface area (Å²) in [5, 5.41) is 2.63. The number of nitrogens with zero attached hydrogens (tertiary/aromatic N) is 1. The Balaban J connectivity index is 1.43. The summed E-state index contributed by atoms with van der Waals surface area (Å²) in [5.41, 5.74) is 0.592. The van der Waals surface area contributed by atoms with Gasteiger partial charge < -0.3 is 10.1 Å². The summed E-state index contributed by atoms with van der Waals surface area (Å²) >= 11 is 0. The summed E-state index contributed by atoms with van der Waals surface area (Å²) in [6, 6.07) is 7.80. The predicted octanol–water partition coefficient (Wildman–Crippen LogP) is 2.00. The molecule has 1 aliphatic heterocycles. The molecule has 7 nitrogen and oxygen atoms in total. The Hall–Kier alpha value is -2.96. The van der Waals surface area contributed by atoms with Crippen LogP contribution in [-0.4, -0.2) is 41.2 Å². The molecule has 0 spiro atoms. The summed E-state index contributed by atoms with van der Waals surface area (Å²) in [5.74, 6) is -2.70. The average molecular weight is 396 g/mol. The largest absolute Gasteiger partial charge is 0.454 e. The van der Waals surface area contributed by atoms with Crippen LogP contribution in [0.4, 0.5) is 5.69 Å². The highest BCUT2D eigenvalue weighted by atomic mass is 16.5. The monoisotopic (exact) mass is 396 g/mol. The van der Waals surface area contributed by atoms with Crippen LogP contribution >= 0.6 is 0 Å². The number of hydrogen-bond acceptors (Lipinski definition) is 5. The molecule has 4 rings (SSSR count). The number of benzene rings is 1. The van der Waals surface area contributed by atoms with Gasteiger partial charge in [-0.3, -0.25) is 19.3 Å². The average Bonchev–Trinajstić information content (AvgIpc) is 3.37. The number of anilines is 1. The molecule has 1 saturated heterocycles. The molecule has 29 heavy (non-hydrogen) atoms. The molecule has 7 heteroatoms. The van der Waals surface area contributed by atoms with Gasteiger partial charge in [-0.2, -0.15) is 0 Å². The number of fused-ring (bicyclic) bond motifs is 5. The van der Waals surface area contributed by atoms with Gasteiger partial charge in [0, 0.05) is 5.69 Å². The highest BCUT2D eigenvalue weighted by Gasteiger charge is 2.61. The van der Waals surface area contributed by atoms with Crippen molar-refractivity contribution < 1.29 is 23.9 Å². The van der Waals surface area contributed by atoms with Gasteiger partial charge in [-0.25, -0.2) is 4.79 Å². The van der Waals surface area contributed by atoms with Crippen LogP contribution in [0.1, 0.15) is 20.3 Å². The number of hydrogen-bond donors (Lipinski definition) is 1. The van der Waals surface area contributed by atoms with E-state index >= 15 is 0 Å². The lowest BCUT2D eigenvalue weighted by atomic mass is 9.85. The predicted molar refractivity (Wildman–Crippen MR) is 104 cm³/mol. The number of nitrogens with one attached hydrogen (secondary N) is 1. The fourth-order valence-corrected chi connectivity index (χ4v) is 4.82. The van der Waals surface area contributed by atoms with Gasteiger partial charge in [0.15, 0.2) is 6.61 Å². The zero-order valence-corrected chi connectivity index (χ0v) is 16.4. The Bertz CT molecular complexity index is 848. The quantitative estimate of drug-likeness (QED) is 0.451. The fraction of sp³-hybridized carbons (Fsp3) is 0.455. The smallest absolute Gasteiger partial charge is 0.330 e. The molecule has 1 saturated carbocycles. The van der Waals surface area contributed by atoms with Gasteiger partial charge in [0.2, 0.25) is 11.8 Å². The Morgan fingerprint density at radius 1 is 1.07 bits per heavy atom. The second-order valence-electron chi connectivity index (χ2n) is 8.26. The molecule has 0 unspecified atom stereocenters. The molecular weight excluding hydrogens is 372 g/mol. The number of allylic oxidation sites excluding steroid dienone is 2. The maximum absolute atomic E-state index is 13.0. The first-order valence-electron chi connectivity index (χ1n) is 9.95. The van der Waals surface area contributed by atoms with Crippen molar-refractivity contribution in [3.8, 4) is 0 Å². The van der Waals surface area contributed by atoms with E-state index in [1.165, 1.54) is 0 Å². The van der Waals surface area contributed by atoms with Crippen molar-refractivity contribution in [3.05, 3.63) is 42.5 Å². The van der Waals surface area contributed by atoms with E-state index in [0.717, 1.165) is 11.3 Å². The summed E-state index contributed by atoms with van der Waals surface area (Å²) in [4.78, 5) is 51.9. The topological polar surface area (TPSA) is 92.8 Å². The second-order valence-corrected chi connectivity index (χ2v) is 8.26. The Morgan fingerprint density at radius 3 is 2.21 bits per heavy atom. The number of carbonyl (C=O) groups excluding carboxylic acids is 4. The molecule has 2 bridgehead atoms. The van der Waals surface area contributed by atoms with Crippen LogP contribution in [0.2, 0.25) is 0 Å². The molecule has 1 aromatic rings. The van der Waals surface area contributed by atoms with Crippen LogP contribution < -0.4 is 5.32 Å². The minimum absolute atomic E-state index is 0.0759. The van der Waals surface area contributed by atoms with E-state index < -0.39 is 24.5 Å². The van der Waals surface area contributed by atoms with E-state index in [1.54, 1.807) is 38.1 Å². The Labute approximate surface area is 169 Å². The van der Waals surface area contributed by atoms with Crippen molar-refractivity contribution >= 4 is 29.4 Å². The standard InChI is InChI=1S/C22H24N2O5/c1-12(2)19(22(28)29-11-16(25)23-15-6-4-3-5-7-15)24-20(26)17-13-8-9-14(10-13)18(17)21(24)27/h3-9,12-14,17-19H,10-11H2,1-2H3,(H,23,25)/t13-,14-,17+,18+,19+/m0/s1. The number of esters is 1. The first kappa shape index (κ1) is 19.4. The van der Waals surface area contributed by atoms with Crippen molar-refractivity contribution in [1.29, 1.82) is 0 Å². The van der Waals surface area contributed by atoms with E-state index in [9.17, 15) is 19.2 Å². The number of likely N-dealkylation sites (tertiary alicyclic amines) is 1. The number of para-hydroxylation sites is 1. The lowest BCUT2D eigenvalue weighted by Gasteiger charge is -2.28. The zero-order chi connectivity index (χ0) is 20.7. The molecule has 1 N–H and O–H groups in total. The fourth-order valence-electron chi connectivity index (χ4n) is 4.82. The number of rotatable bonds is 6. The summed E-state index contributed by atoms with van der Waals surface area (Å²) < 4.78 is 5.19. The highest BCUT2D eigenvalue weighted by Crippen LogP contribution is 2.53. The number of imide groups is 1. The normalized spacial score (nSPS) is 28.0. The summed E-state index contributed by atoms with van der Waals surface area (Å²) in [6.07, 6.45) is 4.85. The first-order chi connectivity index (χ1) is 13.9. The zero-order valence-electron chi connectivity index (χ0n) is 16.4. The molecule has 152 valence electrons. The molecule has 2 aliphatic carbocycles. The van der Waals surface area contributed by atoms with Gasteiger partial charge in [0.05, 0.1) is 11.8 Å². The third-order valence-electron chi connectivity index (χ3n) is 6.06. The van der Waals surface area contributed by atoms with Crippen LogP contribution in [0.15, 0.2) is 42.5 Å². The van der Waals surface area contributed by atoms with Gasteiger partial charge in [-0.05, 0) is 36.3 Å². The Kier molecular flexibility index (Phi) is 4.98. The van der Waals surface area contributed by atoms with E-state index in [2.05, 4.69) is 5.32 Å². The van der Waals surface area contributed by atoms with Gasteiger partial charge >= 0.3 is 5.97 Å². The van der Waals surface area contributed by atoms with Crippen molar-refractivity contribution in [2.75, 3.05) is 11.9 Å².